The minimum Gasteiger partial charge on any atom is -0.497 e. The minimum atomic E-state index is -0.110. The molecule has 6 rings (SSSR count). The summed E-state index contributed by atoms with van der Waals surface area (Å²) in [6, 6.07) is 10.7. The number of aliphatic imine (C=N–C) groups is 2. The lowest BCUT2D eigenvalue weighted by atomic mass is 10.1. The van der Waals surface area contributed by atoms with Gasteiger partial charge in [-0.25, -0.2) is 0 Å². The second-order valence-electron chi connectivity index (χ2n) is 13.2. The molecular formula is C38H50N4O6. The number of unbranched alkanes of at least 4 members (excludes halogenated alkanes) is 9. The van der Waals surface area contributed by atoms with E-state index >= 15 is 0 Å². The zero-order valence-corrected chi connectivity index (χ0v) is 28.5. The number of benzene rings is 2. The molecule has 2 amide bonds. The molecule has 0 aromatic heterocycles. The molecule has 0 saturated carbocycles. The first kappa shape index (κ1) is 34.1. The first-order valence-corrected chi connectivity index (χ1v) is 17.9. The van der Waals surface area contributed by atoms with E-state index in [1.54, 1.807) is 26.4 Å². The number of hydrogen-bond acceptors (Lipinski definition) is 8. The molecule has 2 saturated heterocycles. The monoisotopic (exact) mass is 658 g/mol. The molecule has 48 heavy (non-hydrogen) atoms. The van der Waals surface area contributed by atoms with Crippen molar-refractivity contribution in [2.24, 2.45) is 9.98 Å². The Labute approximate surface area is 284 Å². The second kappa shape index (κ2) is 16.6. The lowest BCUT2D eigenvalue weighted by Crippen LogP contribution is -2.40. The van der Waals surface area contributed by atoms with Crippen LogP contribution < -0.4 is 9.47 Å². The molecule has 2 aromatic rings. The molecule has 0 aliphatic carbocycles. The molecule has 2 fully saturated rings. The summed E-state index contributed by atoms with van der Waals surface area (Å²) in [6.07, 6.45) is 17.5. The van der Waals surface area contributed by atoms with Crippen LogP contribution in [0.5, 0.6) is 11.5 Å². The highest BCUT2D eigenvalue weighted by Crippen LogP contribution is 2.34. The summed E-state index contributed by atoms with van der Waals surface area (Å²) in [5.74, 6) is 1.44. The van der Waals surface area contributed by atoms with Crippen LogP contribution in [0.15, 0.2) is 46.4 Å². The summed E-state index contributed by atoms with van der Waals surface area (Å²) >= 11 is 0. The molecule has 4 atom stereocenters. The van der Waals surface area contributed by atoms with E-state index in [9.17, 15) is 9.59 Å². The van der Waals surface area contributed by atoms with Crippen molar-refractivity contribution in [2.75, 3.05) is 40.5 Å². The molecule has 0 bridgehead atoms. The Morgan fingerprint density at radius 1 is 0.604 bits per heavy atom. The summed E-state index contributed by atoms with van der Waals surface area (Å²) in [6.45, 7) is 2.85. The predicted octanol–water partition coefficient (Wildman–Crippen LogP) is 6.94. The average molecular weight is 659 g/mol. The third kappa shape index (κ3) is 7.92. The molecule has 0 N–H and O–H groups in total. The molecule has 258 valence electrons. The van der Waals surface area contributed by atoms with Gasteiger partial charge in [0.05, 0.1) is 61.0 Å². The first-order chi connectivity index (χ1) is 23.6. The van der Waals surface area contributed by atoms with Gasteiger partial charge in [-0.1, -0.05) is 51.4 Å². The summed E-state index contributed by atoms with van der Waals surface area (Å²) in [5, 5.41) is 0. The number of ether oxygens (including phenoxy) is 4. The van der Waals surface area contributed by atoms with Crippen LogP contribution >= 0.6 is 0 Å². The number of amides is 2. The van der Waals surface area contributed by atoms with Crippen molar-refractivity contribution in [2.45, 2.75) is 101 Å². The molecule has 10 nitrogen and oxygen atoms in total. The summed E-state index contributed by atoms with van der Waals surface area (Å²) in [7, 11) is 3.24. The quantitative estimate of drug-likeness (QED) is 0.171. The maximum atomic E-state index is 13.1. The van der Waals surface area contributed by atoms with E-state index in [0.717, 1.165) is 38.9 Å². The normalized spacial score (nSPS) is 22.6. The Balaban J connectivity index is 0.780. The number of carbonyl (C=O) groups excluding carboxylic acids is 2. The Kier molecular flexibility index (Phi) is 11.8. The van der Waals surface area contributed by atoms with Crippen molar-refractivity contribution in [3.8, 4) is 11.5 Å². The Morgan fingerprint density at radius 2 is 1.00 bits per heavy atom. The highest BCUT2D eigenvalue weighted by atomic mass is 16.5. The van der Waals surface area contributed by atoms with Gasteiger partial charge in [-0.3, -0.25) is 19.6 Å². The van der Waals surface area contributed by atoms with Gasteiger partial charge in [0, 0.05) is 50.9 Å². The maximum absolute atomic E-state index is 13.1. The average Bonchev–Trinajstić information content (AvgIpc) is 3.64. The van der Waals surface area contributed by atoms with Gasteiger partial charge in [0.2, 0.25) is 0 Å². The van der Waals surface area contributed by atoms with Crippen molar-refractivity contribution < 1.29 is 28.5 Å². The molecule has 4 aliphatic heterocycles. The number of hydrogen-bond donors (Lipinski definition) is 0. The highest BCUT2D eigenvalue weighted by Gasteiger charge is 2.40. The van der Waals surface area contributed by atoms with Crippen LogP contribution in [0.25, 0.3) is 0 Å². The number of methoxy groups -OCH3 is 2. The third-order valence-corrected chi connectivity index (χ3v) is 10.1. The van der Waals surface area contributed by atoms with E-state index in [4.69, 9.17) is 18.9 Å². The summed E-state index contributed by atoms with van der Waals surface area (Å²) in [5.41, 5.74) is 2.58. The lowest BCUT2D eigenvalue weighted by molar-refractivity contribution is 0.0403. The van der Waals surface area contributed by atoms with Crippen LogP contribution in [0.1, 0.15) is 97.8 Å². The Bertz CT molecular complexity index is 1370. The molecular weight excluding hydrogens is 608 g/mol. The minimum absolute atomic E-state index is 0.00459. The van der Waals surface area contributed by atoms with Crippen LogP contribution in [-0.4, -0.2) is 98.9 Å². The van der Waals surface area contributed by atoms with Gasteiger partial charge in [0.25, 0.3) is 11.8 Å². The molecule has 4 aliphatic rings. The topological polar surface area (TPSA) is 102 Å². The molecule has 0 radical (unpaired) electrons. The molecule has 4 heterocycles. The number of carbonyl (C=O) groups is 2. The van der Waals surface area contributed by atoms with Gasteiger partial charge in [-0.15, -0.1) is 0 Å². The molecule has 2 unspecified atom stereocenters. The van der Waals surface area contributed by atoms with Crippen molar-refractivity contribution >= 4 is 35.6 Å². The van der Waals surface area contributed by atoms with Gasteiger partial charge in [0.15, 0.2) is 0 Å². The second-order valence-corrected chi connectivity index (χ2v) is 13.2. The molecule has 0 spiro atoms. The zero-order valence-electron chi connectivity index (χ0n) is 28.5. The smallest absolute Gasteiger partial charge is 0.256 e. The molecule has 2 aromatic carbocycles. The van der Waals surface area contributed by atoms with Crippen molar-refractivity contribution in [1.29, 1.82) is 0 Å². The van der Waals surface area contributed by atoms with Crippen molar-refractivity contribution in [3.05, 3.63) is 47.5 Å². The Hall–Kier alpha value is -3.76. The van der Waals surface area contributed by atoms with Gasteiger partial charge in [-0.2, -0.15) is 0 Å². The predicted molar refractivity (Wildman–Crippen MR) is 187 cm³/mol. The summed E-state index contributed by atoms with van der Waals surface area (Å²) in [4.78, 5) is 39.3. The largest absolute Gasteiger partial charge is 0.497 e. The number of fused-ring (bicyclic) bond motifs is 4. The summed E-state index contributed by atoms with van der Waals surface area (Å²) < 4.78 is 23.1. The van der Waals surface area contributed by atoms with Gasteiger partial charge >= 0.3 is 0 Å². The van der Waals surface area contributed by atoms with E-state index in [0.29, 0.717) is 47.1 Å². The van der Waals surface area contributed by atoms with Gasteiger partial charge in [-0.05, 0) is 49.9 Å². The Morgan fingerprint density at radius 3 is 1.40 bits per heavy atom. The fraction of sp³-hybridized carbons (Fsp3) is 0.579. The SMILES string of the molecule is COc1ccc2c(c1)N=C[C@H]1C(OCCCCCCCCCCCCOC3CCN4C(=O)c5ccc(OC)cc5N=C[C@@H]34)CCN1C2=O. The van der Waals surface area contributed by atoms with E-state index < -0.39 is 0 Å². The van der Waals surface area contributed by atoms with E-state index in [1.165, 1.54) is 51.4 Å². The van der Waals surface area contributed by atoms with Gasteiger partial charge in [0.1, 0.15) is 11.5 Å². The third-order valence-electron chi connectivity index (χ3n) is 10.1. The number of nitrogens with zero attached hydrogens (tertiary/aromatic N) is 4. The fourth-order valence-electron chi connectivity index (χ4n) is 7.33. The highest BCUT2D eigenvalue weighted by molar-refractivity contribution is 6.04. The van der Waals surface area contributed by atoms with Gasteiger partial charge < -0.3 is 28.7 Å². The van der Waals surface area contributed by atoms with Crippen LogP contribution in [0, 0.1) is 0 Å². The zero-order chi connectivity index (χ0) is 33.3. The number of rotatable bonds is 17. The van der Waals surface area contributed by atoms with E-state index in [1.807, 2.05) is 46.5 Å². The fourth-order valence-corrected chi connectivity index (χ4v) is 7.33. The van der Waals surface area contributed by atoms with Crippen LogP contribution in [0.2, 0.25) is 0 Å². The van der Waals surface area contributed by atoms with Crippen LogP contribution in [0.4, 0.5) is 11.4 Å². The van der Waals surface area contributed by atoms with E-state index in [-0.39, 0.29) is 36.1 Å². The van der Waals surface area contributed by atoms with Crippen molar-refractivity contribution in [1.82, 2.24) is 9.80 Å². The standard InChI is InChI=1S/C38H50N4O6/c1-45-27-13-15-29-31(23-27)39-25-33-35(17-19-41(33)37(29)43)47-21-11-9-7-5-3-4-6-8-10-12-22-48-36-18-20-42-34(36)26-40-32-24-28(46-2)14-16-30(32)38(42)44/h13-16,23-26,33-36H,3-12,17-22H2,1-2H3/t33-,34-,35?,36?/m0/s1. The lowest BCUT2D eigenvalue weighted by Gasteiger charge is -2.23. The van der Waals surface area contributed by atoms with E-state index in [2.05, 4.69) is 9.98 Å². The van der Waals surface area contributed by atoms with Crippen molar-refractivity contribution in [3.63, 3.8) is 0 Å². The van der Waals surface area contributed by atoms with Crippen LogP contribution in [0.3, 0.4) is 0 Å². The first-order valence-electron chi connectivity index (χ1n) is 17.9. The van der Waals surface area contributed by atoms with Crippen LogP contribution in [-0.2, 0) is 9.47 Å². The maximum Gasteiger partial charge on any atom is 0.256 e. The molecule has 10 heteroatoms.